The first-order valence-corrected chi connectivity index (χ1v) is 6.36. The van der Waals surface area contributed by atoms with Crippen LogP contribution in [0.15, 0.2) is 16.7 Å². The topological polar surface area (TPSA) is 30.2 Å². The standard InChI is InChI=1S/C14H18O2/c1-2-14-7-3-4-10-6-9-16-13(10)12(14)11(15)5-8-14/h6,9,12H,2-5,7-8H2,1H3/t12-,14-/m0/s1. The van der Waals surface area contributed by atoms with Crippen molar-refractivity contribution in [2.45, 2.75) is 51.4 Å². The van der Waals surface area contributed by atoms with Crippen LogP contribution in [0.5, 0.6) is 0 Å². The molecular weight excluding hydrogens is 200 g/mol. The third kappa shape index (κ3) is 1.22. The van der Waals surface area contributed by atoms with Gasteiger partial charge in [0.25, 0.3) is 0 Å². The number of carbonyl (C=O) groups is 1. The lowest BCUT2D eigenvalue weighted by atomic mass is 9.72. The van der Waals surface area contributed by atoms with E-state index in [1.54, 1.807) is 6.26 Å². The lowest BCUT2D eigenvalue weighted by Gasteiger charge is -2.31. The second-order valence-corrected chi connectivity index (χ2v) is 5.28. The summed E-state index contributed by atoms with van der Waals surface area (Å²) >= 11 is 0. The largest absolute Gasteiger partial charge is 0.468 e. The van der Waals surface area contributed by atoms with Crippen LogP contribution in [0.1, 0.15) is 56.3 Å². The van der Waals surface area contributed by atoms with Crippen molar-refractivity contribution in [3.63, 3.8) is 0 Å². The van der Waals surface area contributed by atoms with Crippen LogP contribution >= 0.6 is 0 Å². The van der Waals surface area contributed by atoms with E-state index in [-0.39, 0.29) is 11.3 Å². The van der Waals surface area contributed by atoms with Crippen LogP contribution in [0, 0.1) is 5.41 Å². The smallest absolute Gasteiger partial charge is 0.144 e. The zero-order valence-corrected chi connectivity index (χ0v) is 9.79. The summed E-state index contributed by atoms with van der Waals surface area (Å²) in [6.07, 6.45) is 8.13. The number of rotatable bonds is 1. The first-order chi connectivity index (χ1) is 7.77. The molecule has 0 N–H and O–H groups in total. The highest BCUT2D eigenvalue weighted by Crippen LogP contribution is 2.55. The van der Waals surface area contributed by atoms with Gasteiger partial charge in [-0.3, -0.25) is 4.79 Å². The molecule has 2 heteroatoms. The predicted octanol–water partition coefficient (Wildman–Crippen LogP) is 3.46. The van der Waals surface area contributed by atoms with Gasteiger partial charge in [0.15, 0.2) is 0 Å². The zero-order valence-electron chi connectivity index (χ0n) is 9.79. The molecular formula is C14H18O2. The third-order valence-electron chi connectivity index (χ3n) is 4.67. The average molecular weight is 218 g/mol. The van der Waals surface area contributed by atoms with E-state index in [9.17, 15) is 4.79 Å². The fourth-order valence-corrected chi connectivity index (χ4v) is 3.69. The SMILES string of the molecule is CC[C@@]12CCCc3ccoc3[C@@H]1C(=O)CC2. The molecule has 0 aromatic carbocycles. The van der Waals surface area contributed by atoms with Crippen LogP contribution in [0.25, 0.3) is 0 Å². The molecule has 2 aliphatic carbocycles. The van der Waals surface area contributed by atoms with Gasteiger partial charge in [0.05, 0.1) is 12.2 Å². The highest BCUT2D eigenvalue weighted by Gasteiger charge is 2.50. The molecule has 1 heterocycles. The van der Waals surface area contributed by atoms with E-state index in [1.807, 2.05) is 6.07 Å². The van der Waals surface area contributed by atoms with E-state index in [1.165, 1.54) is 18.4 Å². The van der Waals surface area contributed by atoms with Crippen molar-refractivity contribution in [2.75, 3.05) is 0 Å². The number of hydrogen-bond acceptors (Lipinski definition) is 2. The van der Waals surface area contributed by atoms with Gasteiger partial charge in [-0.1, -0.05) is 6.92 Å². The minimum absolute atomic E-state index is 0.0602. The zero-order chi connectivity index (χ0) is 11.2. The summed E-state index contributed by atoms with van der Waals surface area (Å²) in [4.78, 5) is 12.1. The lowest BCUT2D eigenvalue weighted by Crippen LogP contribution is -2.25. The summed E-state index contributed by atoms with van der Waals surface area (Å²) in [5.74, 6) is 1.45. The monoisotopic (exact) mass is 218 g/mol. The average Bonchev–Trinajstić information content (AvgIpc) is 2.81. The van der Waals surface area contributed by atoms with Crippen LogP contribution in [0.3, 0.4) is 0 Å². The second kappa shape index (κ2) is 3.47. The molecule has 2 atom stereocenters. The van der Waals surface area contributed by atoms with Crippen molar-refractivity contribution >= 4 is 5.78 Å². The normalized spacial score (nSPS) is 33.3. The van der Waals surface area contributed by atoms with Gasteiger partial charge in [0, 0.05) is 6.42 Å². The van der Waals surface area contributed by atoms with Crippen LogP contribution < -0.4 is 0 Å². The minimum atomic E-state index is 0.0602. The summed E-state index contributed by atoms with van der Waals surface area (Å²) in [6, 6.07) is 2.05. The third-order valence-corrected chi connectivity index (χ3v) is 4.67. The molecule has 0 aliphatic heterocycles. The molecule has 1 fully saturated rings. The molecule has 2 nitrogen and oxygen atoms in total. The van der Waals surface area contributed by atoms with Gasteiger partial charge in [-0.25, -0.2) is 0 Å². The fourth-order valence-electron chi connectivity index (χ4n) is 3.69. The molecule has 0 unspecified atom stereocenters. The van der Waals surface area contributed by atoms with Crippen molar-refractivity contribution in [3.8, 4) is 0 Å². The summed E-state index contributed by atoms with van der Waals surface area (Å²) in [5, 5.41) is 0. The van der Waals surface area contributed by atoms with Crippen LogP contribution in [0.4, 0.5) is 0 Å². The van der Waals surface area contributed by atoms with Gasteiger partial charge in [-0.15, -0.1) is 0 Å². The maximum Gasteiger partial charge on any atom is 0.144 e. The Hall–Kier alpha value is -1.05. The van der Waals surface area contributed by atoms with Crippen LogP contribution in [-0.4, -0.2) is 5.78 Å². The number of hydrogen-bond donors (Lipinski definition) is 0. The fraction of sp³-hybridized carbons (Fsp3) is 0.643. The summed E-state index contributed by atoms with van der Waals surface area (Å²) in [6.45, 7) is 2.22. The Bertz CT molecular complexity index is 418. The molecule has 16 heavy (non-hydrogen) atoms. The van der Waals surface area contributed by atoms with Crippen molar-refractivity contribution < 1.29 is 9.21 Å². The molecule has 3 rings (SSSR count). The van der Waals surface area contributed by atoms with E-state index in [0.29, 0.717) is 5.78 Å². The maximum absolute atomic E-state index is 12.1. The van der Waals surface area contributed by atoms with Gasteiger partial charge in [-0.2, -0.15) is 0 Å². The molecule has 1 aromatic heterocycles. The molecule has 86 valence electrons. The number of fused-ring (bicyclic) bond motifs is 3. The predicted molar refractivity (Wildman–Crippen MR) is 61.4 cm³/mol. The maximum atomic E-state index is 12.1. The van der Waals surface area contributed by atoms with Gasteiger partial charge in [0.1, 0.15) is 11.5 Å². The lowest BCUT2D eigenvalue weighted by molar-refractivity contribution is -0.120. The Morgan fingerprint density at radius 1 is 1.44 bits per heavy atom. The molecule has 1 aromatic rings. The quantitative estimate of drug-likeness (QED) is 0.722. The van der Waals surface area contributed by atoms with Gasteiger partial charge >= 0.3 is 0 Å². The Balaban J connectivity index is 2.12. The highest BCUT2D eigenvalue weighted by molar-refractivity contribution is 5.88. The molecule has 2 aliphatic rings. The van der Waals surface area contributed by atoms with Gasteiger partial charge in [0.2, 0.25) is 0 Å². The van der Waals surface area contributed by atoms with Gasteiger partial charge in [-0.05, 0) is 49.1 Å². The summed E-state index contributed by atoms with van der Waals surface area (Å²) < 4.78 is 5.63. The Morgan fingerprint density at radius 2 is 2.31 bits per heavy atom. The first-order valence-electron chi connectivity index (χ1n) is 6.36. The summed E-state index contributed by atoms with van der Waals surface area (Å²) in [7, 11) is 0. The van der Waals surface area contributed by atoms with Crippen LogP contribution in [0.2, 0.25) is 0 Å². The number of ketones is 1. The minimum Gasteiger partial charge on any atom is -0.468 e. The number of aryl methyl sites for hydroxylation is 1. The van der Waals surface area contributed by atoms with E-state index in [4.69, 9.17) is 4.42 Å². The van der Waals surface area contributed by atoms with Crippen molar-refractivity contribution in [1.82, 2.24) is 0 Å². The highest BCUT2D eigenvalue weighted by atomic mass is 16.3. The Morgan fingerprint density at radius 3 is 3.12 bits per heavy atom. The molecule has 0 amide bonds. The first kappa shape index (κ1) is 10.1. The van der Waals surface area contributed by atoms with Crippen LogP contribution in [-0.2, 0) is 11.2 Å². The number of carbonyl (C=O) groups excluding carboxylic acids is 1. The van der Waals surface area contributed by atoms with E-state index >= 15 is 0 Å². The second-order valence-electron chi connectivity index (χ2n) is 5.28. The molecule has 0 spiro atoms. The number of furan rings is 1. The van der Waals surface area contributed by atoms with Gasteiger partial charge < -0.3 is 4.42 Å². The van der Waals surface area contributed by atoms with Crippen molar-refractivity contribution in [1.29, 1.82) is 0 Å². The van der Waals surface area contributed by atoms with Crippen molar-refractivity contribution in [2.24, 2.45) is 5.41 Å². The Labute approximate surface area is 96.0 Å². The molecule has 0 radical (unpaired) electrons. The molecule has 0 bridgehead atoms. The Kier molecular flexibility index (Phi) is 2.20. The molecule has 0 saturated heterocycles. The summed E-state index contributed by atoms with van der Waals surface area (Å²) in [5.41, 5.74) is 1.48. The van der Waals surface area contributed by atoms with E-state index < -0.39 is 0 Å². The number of Topliss-reactive ketones (excluding diaryl/α,β-unsaturated/α-hetero) is 1. The van der Waals surface area contributed by atoms with Crippen molar-refractivity contribution in [3.05, 3.63) is 23.7 Å². The molecule has 1 saturated carbocycles. The van der Waals surface area contributed by atoms with E-state index in [2.05, 4.69) is 6.92 Å². The van der Waals surface area contributed by atoms with E-state index in [0.717, 1.165) is 31.4 Å².